The van der Waals surface area contributed by atoms with Gasteiger partial charge in [-0.05, 0) is 0 Å². The number of rotatable bonds is 16. The molecule has 0 N–H and O–H groups in total. The molecule has 0 aromatic rings. The summed E-state index contributed by atoms with van der Waals surface area (Å²) < 4.78 is 633. The van der Waals surface area contributed by atoms with Gasteiger partial charge in [0.05, 0.1) is 0 Å². The molecule has 59 heteroatoms. The van der Waals surface area contributed by atoms with E-state index in [4.69, 9.17) is 0 Å². The zero-order valence-corrected chi connectivity index (χ0v) is 37.3. The molecule has 0 unspecified atom stereocenters. The Labute approximate surface area is 433 Å². The molecule has 0 spiro atoms. The van der Waals surface area contributed by atoms with Crippen LogP contribution in [0.3, 0.4) is 0 Å². The molecule has 0 aromatic heterocycles. The van der Waals surface area contributed by atoms with Crippen molar-refractivity contribution in [1.29, 1.82) is 0 Å². The van der Waals surface area contributed by atoms with E-state index in [9.17, 15) is 211 Å². The minimum atomic E-state index is -8.49. The summed E-state index contributed by atoms with van der Waals surface area (Å²) in [4.78, 5) is 0. The standard InChI is InChI=1S/2C12H4BF24O4.Mg/c2*14-5(15,16)1(6(17,18)19)38-13(39-2(7(20,21)22)8(23,24)25,40-3(9(26,27)28)10(29,30)31)41-4(11(32,33)34)12(35,36)37;/h2*1-4H;/q2*-1;+2. The smallest absolute Gasteiger partial charge is 0.503 e. The van der Waals surface area contributed by atoms with E-state index in [1.54, 1.807) is 0 Å². The third kappa shape index (κ3) is 26.6. The van der Waals surface area contributed by atoms with Gasteiger partial charge in [-0.1, -0.05) is 0 Å². The summed E-state index contributed by atoms with van der Waals surface area (Å²) >= 11 is 0. The Kier molecular flexibility index (Phi) is 26.2. The fourth-order valence-corrected chi connectivity index (χ4v) is 4.44. The summed E-state index contributed by atoms with van der Waals surface area (Å²) in [6, 6.07) is 0. The van der Waals surface area contributed by atoms with Gasteiger partial charge in [0.25, 0.3) is 0 Å². The number of hydrogen-bond acceptors (Lipinski definition) is 8. The molecule has 0 aliphatic rings. The van der Waals surface area contributed by atoms with E-state index in [1.165, 1.54) is 0 Å². The Hall–Kier alpha value is -2.78. The van der Waals surface area contributed by atoms with Gasteiger partial charge in [-0.2, -0.15) is 211 Å². The van der Waals surface area contributed by atoms with Crippen molar-refractivity contribution in [3.05, 3.63) is 0 Å². The van der Waals surface area contributed by atoms with Crippen molar-refractivity contribution in [2.45, 2.75) is 148 Å². The van der Waals surface area contributed by atoms with Crippen LogP contribution in [0.5, 0.6) is 0 Å². The average Bonchev–Trinajstić information content (AvgIpc) is 3.09. The normalized spacial score (nSPS) is 15.9. The van der Waals surface area contributed by atoms with Crippen LogP contribution in [0, 0.1) is 0 Å². The van der Waals surface area contributed by atoms with E-state index in [0.717, 1.165) is 0 Å². The van der Waals surface area contributed by atoms with Crippen LogP contribution in [-0.2, 0) is 37.2 Å². The Balaban J connectivity index is -0.00000152. The third-order valence-corrected chi connectivity index (χ3v) is 7.18. The third-order valence-electron chi connectivity index (χ3n) is 7.18. The van der Waals surface area contributed by atoms with E-state index in [1.807, 2.05) is 0 Å². The number of hydrogen-bond donors (Lipinski definition) is 0. The molecular formula is C24H8B2F48MgO8. The van der Waals surface area contributed by atoms with Gasteiger partial charge < -0.3 is 37.2 Å². The maximum absolute atomic E-state index is 12.8. The first-order valence-corrected chi connectivity index (χ1v) is 17.5. The molecule has 0 fully saturated rings. The summed E-state index contributed by atoms with van der Waals surface area (Å²) in [5.74, 6) is 0. The molecule has 0 heterocycles. The molecule has 0 bridgehead atoms. The van der Waals surface area contributed by atoms with Crippen molar-refractivity contribution in [2.24, 2.45) is 0 Å². The van der Waals surface area contributed by atoms with Gasteiger partial charge in [0.1, 0.15) is 0 Å². The molecule has 0 aromatic carbocycles. The van der Waals surface area contributed by atoms with E-state index in [2.05, 4.69) is 37.2 Å². The maximum Gasteiger partial charge on any atom is 2.00 e. The molecule has 0 amide bonds. The molecule has 0 saturated carbocycles. The van der Waals surface area contributed by atoms with Crippen molar-refractivity contribution in [1.82, 2.24) is 0 Å². The molecule has 0 rings (SSSR count). The summed E-state index contributed by atoms with van der Waals surface area (Å²) in [6.07, 6.45) is -171. The van der Waals surface area contributed by atoms with Gasteiger partial charge in [-0.3, -0.25) is 0 Å². The fraction of sp³-hybridized carbons (Fsp3) is 1.00. The number of halogens is 48. The fourth-order valence-electron chi connectivity index (χ4n) is 4.44. The Bertz CT molecular complexity index is 1430. The largest absolute Gasteiger partial charge is 2.00 e. The Morgan fingerprint density at radius 2 is 0.181 bits per heavy atom. The summed E-state index contributed by atoms with van der Waals surface area (Å²) in [5, 5.41) is 0. The van der Waals surface area contributed by atoms with Crippen LogP contribution in [0.4, 0.5) is 211 Å². The average molecular weight is 1380 g/mol. The second kappa shape index (κ2) is 25.7. The van der Waals surface area contributed by atoms with Gasteiger partial charge in [0.2, 0.25) is 48.8 Å². The van der Waals surface area contributed by atoms with Gasteiger partial charge in [0.15, 0.2) is 0 Å². The van der Waals surface area contributed by atoms with Crippen LogP contribution in [-0.4, -0.2) is 185 Å². The molecule has 0 aliphatic carbocycles. The Morgan fingerprint density at radius 1 is 0.133 bits per heavy atom. The quantitative estimate of drug-likeness (QED) is 0.112. The summed E-state index contributed by atoms with van der Waals surface area (Å²) in [6.45, 7) is -17.0. The SMILES string of the molecule is FC(F)(F)C(O[B-](OC(C(F)(F)F)C(F)(F)F)(OC(C(F)(F)F)C(F)(F)F)OC(C(F)(F)F)C(F)(F)F)C(F)(F)F.FC(F)(F)C(O[B-](OC(C(F)(F)F)C(F)(F)F)(OC(C(F)(F)F)C(F)(F)F)OC(C(F)(F)F)C(F)(F)F)C(F)(F)F.[Mg+2]. The van der Waals surface area contributed by atoms with Crippen molar-refractivity contribution in [3.63, 3.8) is 0 Å². The molecular weight excluding hydrogens is 1370 g/mol. The minimum Gasteiger partial charge on any atom is -0.503 e. The van der Waals surface area contributed by atoms with Gasteiger partial charge in [-0.25, -0.2) is 0 Å². The molecule has 83 heavy (non-hydrogen) atoms. The molecule has 0 radical (unpaired) electrons. The van der Waals surface area contributed by atoms with E-state index < -0.39 is 162 Å². The van der Waals surface area contributed by atoms with Gasteiger partial charge >= 0.3 is 136 Å². The number of alkyl halides is 48. The van der Waals surface area contributed by atoms with Crippen molar-refractivity contribution in [3.8, 4) is 0 Å². The predicted octanol–water partition coefficient (Wildman–Crippen LogP) is 14.5. The van der Waals surface area contributed by atoms with Crippen LogP contribution in [0.15, 0.2) is 0 Å². The molecule has 0 saturated heterocycles. The zero-order valence-electron chi connectivity index (χ0n) is 35.9. The van der Waals surface area contributed by atoms with E-state index in [-0.39, 0.29) is 23.1 Å². The van der Waals surface area contributed by atoms with Crippen LogP contribution in [0.1, 0.15) is 0 Å². The molecule has 0 aliphatic heterocycles. The van der Waals surface area contributed by atoms with Crippen molar-refractivity contribution < 1.29 is 248 Å². The zero-order chi connectivity index (χ0) is 67.3. The van der Waals surface area contributed by atoms with Crippen LogP contribution >= 0.6 is 0 Å². The van der Waals surface area contributed by atoms with Crippen molar-refractivity contribution in [2.75, 3.05) is 0 Å². The van der Waals surface area contributed by atoms with Crippen LogP contribution < -0.4 is 0 Å². The second-order valence-electron chi connectivity index (χ2n) is 13.9. The first kappa shape index (κ1) is 84.4. The Morgan fingerprint density at radius 3 is 0.217 bits per heavy atom. The predicted molar refractivity (Wildman–Crippen MR) is 153 cm³/mol. The topological polar surface area (TPSA) is 73.8 Å². The molecule has 8 nitrogen and oxygen atoms in total. The van der Waals surface area contributed by atoms with Crippen LogP contribution in [0.25, 0.3) is 0 Å². The molecule has 496 valence electrons. The van der Waals surface area contributed by atoms with E-state index >= 15 is 0 Å². The first-order chi connectivity index (χ1) is 34.7. The van der Waals surface area contributed by atoms with Gasteiger partial charge in [0, 0.05) is 0 Å². The molecule has 0 atom stereocenters. The summed E-state index contributed by atoms with van der Waals surface area (Å²) in [5.41, 5.74) is 0. The van der Waals surface area contributed by atoms with E-state index in [0.29, 0.717) is 0 Å². The monoisotopic (exact) mass is 1380 g/mol. The van der Waals surface area contributed by atoms with Crippen LogP contribution in [0.2, 0.25) is 0 Å². The maximum atomic E-state index is 12.8. The first-order valence-electron chi connectivity index (χ1n) is 17.5. The summed E-state index contributed by atoms with van der Waals surface area (Å²) in [7, 11) is 0. The second-order valence-corrected chi connectivity index (χ2v) is 13.9. The minimum absolute atomic E-state index is 0. The van der Waals surface area contributed by atoms with Crippen molar-refractivity contribution >= 4 is 37.0 Å². The van der Waals surface area contributed by atoms with Gasteiger partial charge in [-0.15, -0.1) is 0 Å².